The number of rotatable bonds is 30. The van der Waals surface area contributed by atoms with Crippen LogP contribution in [0.5, 0.6) is 0 Å². The smallest absolute Gasteiger partial charge is 0.116 e. The molecule has 0 amide bonds. The summed E-state index contributed by atoms with van der Waals surface area (Å²) in [6, 6.07) is 133. The lowest BCUT2D eigenvalue weighted by atomic mass is 9.86. The maximum Gasteiger partial charge on any atom is 0.116 e. The van der Waals surface area contributed by atoms with Gasteiger partial charge in [0.15, 0.2) is 0 Å². The van der Waals surface area contributed by atoms with Crippen molar-refractivity contribution in [1.29, 1.82) is 0 Å². The monoisotopic (exact) mass is 1790 g/mol. The predicted octanol–water partition coefficient (Wildman–Crippen LogP) is 35.7. The maximum atomic E-state index is 5.02. The zero-order valence-corrected chi connectivity index (χ0v) is 81.6. The number of nitrogens with zero attached hydrogens (tertiary/aromatic N) is 6. The number of hydrogen-bond donors (Lipinski definition) is 0. The van der Waals surface area contributed by atoms with Crippen molar-refractivity contribution in [2.45, 2.75) is 134 Å². The highest BCUT2D eigenvalue weighted by Crippen LogP contribution is 2.47. The van der Waals surface area contributed by atoms with Crippen LogP contribution >= 0.6 is 0 Å². The molecule has 0 spiro atoms. The Morgan fingerprint density at radius 2 is 0.312 bits per heavy atom. The van der Waals surface area contributed by atoms with Crippen LogP contribution in [0, 0.1) is 51.4 Å². The summed E-state index contributed by atoms with van der Waals surface area (Å²) in [5.41, 5.74) is 49.7. The molecule has 14 aromatic carbocycles. The molecule has 0 fully saturated rings. The SMILES string of the molecule is CCC(C)Cc1cnc(-c2ccc(-c3ccccc3-c3cc(-c4ccccc4-c4ccc(-c5cc(-c6ccc(-c7ccccc7-c7cc(-c8ccccc8-c8ccc(-c9cc(C)c(CC(C)CC)cn9)cc8)cc(-c8ccccc8-c8ccc(-c9cc(C)c(CC(C)CC)cn9)cc8)c7)cc6)ncn5)cc4)cc(-c4ccccc4-c4ccc(-c5cc(C)c(CC(C)CC)cn5)cc4)c3)cc2)cc1C. The molecule has 0 saturated heterocycles. The molecule has 6 heteroatoms. The molecule has 0 saturated carbocycles. The number of pyridine rings is 4. The van der Waals surface area contributed by atoms with Crippen molar-refractivity contribution in [2.24, 2.45) is 23.7 Å². The van der Waals surface area contributed by atoms with E-state index < -0.39 is 0 Å². The average Bonchev–Trinajstić information content (AvgIpc) is 0.765. The number of aromatic nitrogens is 6. The Balaban J connectivity index is 0.636. The van der Waals surface area contributed by atoms with Gasteiger partial charge in [0.1, 0.15) is 6.33 Å². The van der Waals surface area contributed by atoms with E-state index in [4.69, 9.17) is 29.9 Å². The summed E-state index contributed by atoms with van der Waals surface area (Å²) in [4.78, 5) is 30.0. The zero-order chi connectivity index (χ0) is 94.9. The fourth-order valence-electron chi connectivity index (χ4n) is 19.6. The third-order valence-electron chi connectivity index (χ3n) is 28.8. The summed E-state index contributed by atoms with van der Waals surface area (Å²) in [5, 5.41) is 0. The second-order valence-electron chi connectivity index (χ2n) is 38.5. The molecule has 0 bridgehead atoms. The van der Waals surface area contributed by atoms with Crippen LogP contribution in [0.3, 0.4) is 0 Å². The minimum atomic E-state index is 0.610. The Hall–Kier alpha value is -15.2. The highest BCUT2D eigenvalue weighted by Gasteiger charge is 2.23. The van der Waals surface area contributed by atoms with Crippen molar-refractivity contribution in [3.05, 3.63) is 434 Å². The van der Waals surface area contributed by atoms with Gasteiger partial charge in [-0.05, 0) is 322 Å². The van der Waals surface area contributed by atoms with E-state index in [1.807, 2.05) is 0 Å². The molecule has 19 rings (SSSR count). The second-order valence-corrected chi connectivity index (χ2v) is 38.5. The molecule has 0 aliphatic rings. The molecule has 4 unspecified atom stereocenters. The minimum absolute atomic E-state index is 0.610. The summed E-state index contributed by atoms with van der Waals surface area (Å²) in [6.07, 6.45) is 18.8. The van der Waals surface area contributed by atoms with E-state index in [1.54, 1.807) is 6.33 Å². The van der Waals surface area contributed by atoms with Crippen LogP contribution in [-0.2, 0) is 25.7 Å². The van der Waals surface area contributed by atoms with Crippen LogP contribution in [0.25, 0.3) is 201 Å². The summed E-state index contributed by atoms with van der Waals surface area (Å²) in [6.45, 7) is 27.2. The molecular formula is C132H120N6. The number of aryl methyl sites for hydroxylation is 4. The lowest BCUT2D eigenvalue weighted by Gasteiger charge is -2.18. The van der Waals surface area contributed by atoms with E-state index in [-0.39, 0.29) is 0 Å². The van der Waals surface area contributed by atoms with Gasteiger partial charge in [0, 0.05) is 58.2 Å². The third-order valence-corrected chi connectivity index (χ3v) is 28.8. The van der Waals surface area contributed by atoms with Gasteiger partial charge in [-0.2, -0.15) is 0 Å². The first-order valence-corrected chi connectivity index (χ1v) is 49.6. The van der Waals surface area contributed by atoms with Gasteiger partial charge in [0.05, 0.1) is 34.2 Å². The molecule has 5 heterocycles. The third kappa shape index (κ3) is 20.2. The molecule has 0 radical (unpaired) electrons. The standard InChI is InChI=1S/C132H120N6/c1-13-85(5)65-111-80-133-127(69-89(111)9)99-53-41-93(42-54-99)115-29-17-23-35-121(115)105-73-106(122-36-24-18-30-116(122)94-43-55-100(56-44-94)128-70-90(10)112(81-134-128)66-86(6)14-2)76-109(75-105)125-39-27-21-33-119(125)97-49-61-103(62-50-97)131-79-132(138-84-137-131)104-63-51-98(52-64-104)120-34-22-28-40-126(120)110-77-107(123-37-25-19-31-117(123)95-45-57-101(58-46-95)129-71-91(11)113(82-135-129)67-87(7)15-3)74-108(78-110)124-38-26-20-32-118(124)96-47-59-102(60-48-96)130-72-92(12)114(83-136-130)68-88(8)16-4/h17-64,69-88H,13-16,65-68H2,1-12H3. The first-order chi connectivity index (χ1) is 67.4. The predicted molar refractivity (Wildman–Crippen MR) is 583 cm³/mol. The van der Waals surface area contributed by atoms with Gasteiger partial charge < -0.3 is 0 Å². The van der Waals surface area contributed by atoms with Crippen LogP contribution < -0.4 is 0 Å². The van der Waals surface area contributed by atoms with Crippen molar-refractivity contribution < 1.29 is 0 Å². The summed E-state index contributed by atoms with van der Waals surface area (Å²) in [7, 11) is 0. The molecule has 0 aliphatic carbocycles. The zero-order valence-electron chi connectivity index (χ0n) is 81.6. The Morgan fingerprint density at radius 1 is 0.167 bits per heavy atom. The first-order valence-electron chi connectivity index (χ1n) is 49.6. The fourth-order valence-corrected chi connectivity index (χ4v) is 19.6. The first kappa shape index (κ1) is 91.9. The van der Waals surface area contributed by atoms with Gasteiger partial charge >= 0.3 is 0 Å². The quantitative estimate of drug-likeness (QED) is 0.0446. The average molecular weight is 1790 g/mol. The van der Waals surface area contributed by atoms with Gasteiger partial charge in [-0.25, -0.2) is 9.97 Å². The van der Waals surface area contributed by atoms with Gasteiger partial charge in [-0.15, -0.1) is 0 Å². The van der Waals surface area contributed by atoms with Gasteiger partial charge in [0.2, 0.25) is 0 Å². The molecule has 5 aromatic heterocycles. The second kappa shape index (κ2) is 41.5. The summed E-state index contributed by atoms with van der Waals surface area (Å²) in [5.74, 6) is 2.44. The summed E-state index contributed by atoms with van der Waals surface area (Å²) < 4.78 is 0. The van der Waals surface area contributed by atoms with E-state index in [1.165, 1.54) is 44.5 Å². The van der Waals surface area contributed by atoms with E-state index in [2.05, 4.69) is 466 Å². The van der Waals surface area contributed by atoms with Gasteiger partial charge in [0.25, 0.3) is 0 Å². The van der Waals surface area contributed by atoms with Crippen molar-refractivity contribution in [2.75, 3.05) is 0 Å². The highest BCUT2D eigenvalue weighted by molar-refractivity contribution is 5.98. The Bertz CT molecular complexity index is 6790. The molecule has 0 N–H and O–H groups in total. The van der Waals surface area contributed by atoms with Gasteiger partial charge in [-0.1, -0.05) is 372 Å². The van der Waals surface area contributed by atoms with Crippen molar-refractivity contribution in [1.82, 2.24) is 29.9 Å². The van der Waals surface area contributed by atoms with Crippen LogP contribution in [0.2, 0.25) is 0 Å². The number of benzene rings is 14. The molecule has 4 atom stereocenters. The Kier molecular flexibility index (Phi) is 27.6. The Morgan fingerprint density at radius 3 is 0.464 bits per heavy atom. The van der Waals surface area contributed by atoms with Crippen molar-refractivity contribution in [3.8, 4) is 201 Å². The largest absolute Gasteiger partial charge is 0.256 e. The van der Waals surface area contributed by atoms with Gasteiger partial charge in [-0.3, -0.25) is 19.9 Å². The maximum absolute atomic E-state index is 5.02. The van der Waals surface area contributed by atoms with Crippen LogP contribution in [0.4, 0.5) is 0 Å². The van der Waals surface area contributed by atoms with E-state index in [0.29, 0.717) is 23.7 Å². The molecular weight excluding hydrogens is 1670 g/mol. The van der Waals surface area contributed by atoms with Crippen molar-refractivity contribution >= 4 is 0 Å². The van der Waals surface area contributed by atoms with E-state index in [9.17, 15) is 0 Å². The Labute approximate surface area is 817 Å². The normalized spacial score (nSPS) is 12.3. The molecule has 19 aromatic rings. The highest BCUT2D eigenvalue weighted by atomic mass is 14.8. The molecule has 678 valence electrons. The van der Waals surface area contributed by atoms with E-state index in [0.717, 1.165) is 252 Å². The molecule has 0 aliphatic heterocycles. The molecule has 6 nitrogen and oxygen atoms in total. The number of hydrogen-bond acceptors (Lipinski definition) is 6. The summed E-state index contributed by atoms with van der Waals surface area (Å²) >= 11 is 0. The minimum Gasteiger partial charge on any atom is -0.256 e. The fraction of sp³-hybridized carbons (Fsp3) is 0.182. The lowest BCUT2D eigenvalue weighted by Crippen LogP contribution is -2.01. The van der Waals surface area contributed by atoms with E-state index >= 15 is 0 Å². The van der Waals surface area contributed by atoms with Crippen LogP contribution in [0.15, 0.2) is 389 Å². The van der Waals surface area contributed by atoms with Crippen LogP contribution in [-0.4, -0.2) is 29.9 Å². The van der Waals surface area contributed by atoms with Crippen molar-refractivity contribution in [3.63, 3.8) is 0 Å². The van der Waals surface area contributed by atoms with Crippen LogP contribution in [0.1, 0.15) is 126 Å². The topological polar surface area (TPSA) is 77.3 Å². The lowest BCUT2D eigenvalue weighted by molar-refractivity contribution is 0.558. The molecule has 138 heavy (non-hydrogen) atoms.